The maximum absolute atomic E-state index is 12.6. The van der Waals surface area contributed by atoms with Gasteiger partial charge in [0.1, 0.15) is 12.4 Å². The Labute approximate surface area is 162 Å². The van der Waals surface area contributed by atoms with E-state index in [4.69, 9.17) is 21.1 Å². The number of nitrogens with zero attached hydrogens (tertiary/aromatic N) is 1. The number of halogens is 1. The largest absolute Gasteiger partial charge is 0.488 e. The number of rotatable bonds is 7. The first-order chi connectivity index (χ1) is 13.2. The number of ether oxygens (including phenoxy) is 2. The van der Waals surface area contributed by atoms with Gasteiger partial charge in [0.2, 0.25) is 5.88 Å². The number of pyridine rings is 1. The van der Waals surface area contributed by atoms with Crippen LogP contribution in [0.5, 0.6) is 11.6 Å². The molecule has 0 spiro atoms. The zero-order valence-corrected chi connectivity index (χ0v) is 15.6. The topological polar surface area (TPSA) is 60.5 Å². The van der Waals surface area contributed by atoms with Gasteiger partial charge in [-0.2, -0.15) is 0 Å². The second kappa shape index (κ2) is 9.05. The first-order valence-electron chi connectivity index (χ1n) is 8.39. The molecule has 0 aliphatic rings. The normalized spacial score (nSPS) is 10.3. The van der Waals surface area contributed by atoms with Crippen LogP contribution >= 0.6 is 11.6 Å². The maximum atomic E-state index is 12.6. The lowest BCUT2D eigenvalue weighted by Crippen LogP contribution is -2.23. The first-order valence-corrected chi connectivity index (χ1v) is 8.77. The van der Waals surface area contributed by atoms with E-state index in [0.717, 1.165) is 11.1 Å². The van der Waals surface area contributed by atoms with Gasteiger partial charge in [0.15, 0.2) is 0 Å². The van der Waals surface area contributed by atoms with Crippen molar-refractivity contribution in [3.63, 3.8) is 0 Å². The van der Waals surface area contributed by atoms with Gasteiger partial charge < -0.3 is 14.8 Å². The number of aromatic nitrogens is 1. The minimum atomic E-state index is -0.211. The van der Waals surface area contributed by atoms with Crippen molar-refractivity contribution in [3.05, 3.63) is 88.6 Å². The zero-order chi connectivity index (χ0) is 19.1. The van der Waals surface area contributed by atoms with E-state index < -0.39 is 0 Å². The predicted molar refractivity (Wildman–Crippen MR) is 104 cm³/mol. The Morgan fingerprint density at radius 3 is 2.63 bits per heavy atom. The highest BCUT2D eigenvalue weighted by atomic mass is 35.5. The van der Waals surface area contributed by atoms with Gasteiger partial charge in [-0.05, 0) is 41.5 Å². The molecule has 1 N–H and O–H groups in total. The van der Waals surface area contributed by atoms with Crippen LogP contribution < -0.4 is 14.8 Å². The first kappa shape index (κ1) is 18.7. The number of benzene rings is 2. The number of hydrogen-bond donors (Lipinski definition) is 1. The van der Waals surface area contributed by atoms with Crippen LogP contribution in [0.2, 0.25) is 5.02 Å². The summed E-state index contributed by atoms with van der Waals surface area (Å²) in [4.78, 5) is 16.6. The Morgan fingerprint density at radius 2 is 1.85 bits per heavy atom. The molecule has 138 valence electrons. The quantitative estimate of drug-likeness (QED) is 0.663. The van der Waals surface area contributed by atoms with Gasteiger partial charge in [0.25, 0.3) is 5.91 Å². The fraction of sp³-hybridized carbons (Fsp3) is 0.143. The SMILES string of the molecule is COc1cc(CNC(=O)c2ccccc2OCc2ccc(Cl)cc2)ccn1. The van der Waals surface area contributed by atoms with E-state index in [1.165, 1.54) is 0 Å². The molecule has 5 nitrogen and oxygen atoms in total. The Bertz CT molecular complexity index is 913. The van der Waals surface area contributed by atoms with Gasteiger partial charge in [-0.3, -0.25) is 4.79 Å². The van der Waals surface area contributed by atoms with Crippen molar-refractivity contribution < 1.29 is 14.3 Å². The summed E-state index contributed by atoms with van der Waals surface area (Å²) < 4.78 is 10.9. The van der Waals surface area contributed by atoms with E-state index in [9.17, 15) is 4.79 Å². The number of carbonyl (C=O) groups excluding carboxylic acids is 1. The number of hydrogen-bond acceptors (Lipinski definition) is 4. The Kier molecular flexibility index (Phi) is 6.28. The predicted octanol–water partition coefficient (Wildman–Crippen LogP) is 4.25. The molecule has 3 aromatic rings. The average Bonchev–Trinajstić information content (AvgIpc) is 2.72. The summed E-state index contributed by atoms with van der Waals surface area (Å²) in [5.41, 5.74) is 2.35. The molecule has 3 rings (SSSR count). The summed E-state index contributed by atoms with van der Waals surface area (Å²) in [6.07, 6.45) is 1.64. The van der Waals surface area contributed by atoms with Gasteiger partial charge >= 0.3 is 0 Å². The van der Waals surface area contributed by atoms with Gasteiger partial charge in [-0.25, -0.2) is 4.98 Å². The summed E-state index contributed by atoms with van der Waals surface area (Å²) in [6.45, 7) is 0.715. The average molecular weight is 383 g/mol. The Balaban J connectivity index is 1.65. The third-order valence-corrected chi connectivity index (χ3v) is 4.15. The van der Waals surface area contributed by atoms with Crippen LogP contribution in [0.3, 0.4) is 0 Å². The van der Waals surface area contributed by atoms with Crippen molar-refractivity contribution in [1.82, 2.24) is 10.3 Å². The molecule has 0 unspecified atom stereocenters. The zero-order valence-electron chi connectivity index (χ0n) is 14.8. The number of amides is 1. The summed E-state index contributed by atoms with van der Waals surface area (Å²) in [7, 11) is 1.55. The molecule has 0 saturated carbocycles. The molecule has 0 fully saturated rings. The Morgan fingerprint density at radius 1 is 1.07 bits per heavy atom. The van der Waals surface area contributed by atoms with E-state index in [1.54, 1.807) is 37.6 Å². The molecule has 0 radical (unpaired) electrons. The third kappa shape index (κ3) is 5.21. The van der Waals surface area contributed by atoms with Crippen molar-refractivity contribution in [1.29, 1.82) is 0 Å². The smallest absolute Gasteiger partial charge is 0.255 e. The maximum Gasteiger partial charge on any atom is 0.255 e. The monoisotopic (exact) mass is 382 g/mol. The second-order valence-corrected chi connectivity index (χ2v) is 6.24. The molecule has 0 aliphatic carbocycles. The molecule has 2 aromatic carbocycles. The lowest BCUT2D eigenvalue weighted by molar-refractivity contribution is 0.0946. The van der Waals surface area contributed by atoms with E-state index in [-0.39, 0.29) is 5.91 Å². The van der Waals surface area contributed by atoms with Crippen LogP contribution in [-0.4, -0.2) is 18.0 Å². The molecule has 0 atom stereocenters. The molecule has 1 heterocycles. The van der Waals surface area contributed by atoms with Crippen molar-refractivity contribution in [2.24, 2.45) is 0 Å². The standard InChI is InChI=1S/C21H19ClN2O3/c1-26-20-12-16(10-11-23-20)13-24-21(25)18-4-2-3-5-19(18)27-14-15-6-8-17(22)9-7-15/h2-12H,13-14H2,1H3,(H,24,25). The van der Waals surface area contributed by atoms with Crippen molar-refractivity contribution >= 4 is 17.5 Å². The molecule has 6 heteroatoms. The summed E-state index contributed by atoms with van der Waals surface area (Å²) in [5, 5.41) is 3.57. The fourth-order valence-electron chi connectivity index (χ4n) is 2.47. The van der Waals surface area contributed by atoms with Gasteiger partial charge in [0, 0.05) is 23.8 Å². The third-order valence-electron chi connectivity index (χ3n) is 3.90. The highest BCUT2D eigenvalue weighted by molar-refractivity contribution is 6.30. The molecule has 1 amide bonds. The molecule has 27 heavy (non-hydrogen) atoms. The minimum Gasteiger partial charge on any atom is -0.488 e. The van der Waals surface area contributed by atoms with Crippen molar-refractivity contribution in [3.8, 4) is 11.6 Å². The molecule has 1 aromatic heterocycles. The van der Waals surface area contributed by atoms with Gasteiger partial charge in [-0.1, -0.05) is 35.9 Å². The van der Waals surface area contributed by atoms with Crippen LogP contribution in [0.1, 0.15) is 21.5 Å². The van der Waals surface area contributed by atoms with E-state index in [0.29, 0.717) is 35.4 Å². The van der Waals surface area contributed by atoms with E-state index in [1.807, 2.05) is 36.4 Å². The molecular weight excluding hydrogens is 364 g/mol. The van der Waals surface area contributed by atoms with Gasteiger partial charge in [0.05, 0.1) is 12.7 Å². The van der Waals surface area contributed by atoms with Crippen LogP contribution in [0.4, 0.5) is 0 Å². The Hall–Kier alpha value is -3.05. The molecule has 0 aliphatic heterocycles. The number of nitrogens with one attached hydrogen (secondary N) is 1. The van der Waals surface area contributed by atoms with E-state index in [2.05, 4.69) is 10.3 Å². The summed E-state index contributed by atoms with van der Waals surface area (Å²) in [5.74, 6) is 0.822. The lowest BCUT2D eigenvalue weighted by atomic mass is 10.1. The molecule has 0 saturated heterocycles. The van der Waals surface area contributed by atoms with E-state index >= 15 is 0 Å². The van der Waals surface area contributed by atoms with Crippen molar-refractivity contribution in [2.75, 3.05) is 7.11 Å². The summed E-state index contributed by atoms with van der Waals surface area (Å²) >= 11 is 5.89. The van der Waals surface area contributed by atoms with Crippen LogP contribution in [-0.2, 0) is 13.2 Å². The van der Waals surface area contributed by atoms with Crippen LogP contribution in [0.25, 0.3) is 0 Å². The van der Waals surface area contributed by atoms with Crippen LogP contribution in [0, 0.1) is 0 Å². The molecule has 0 bridgehead atoms. The number of carbonyl (C=O) groups is 1. The van der Waals surface area contributed by atoms with Crippen LogP contribution in [0.15, 0.2) is 66.9 Å². The minimum absolute atomic E-state index is 0.211. The molecular formula is C21H19ClN2O3. The fourth-order valence-corrected chi connectivity index (χ4v) is 2.60. The van der Waals surface area contributed by atoms with Gasteiger partial charge in [-0.15, -0.1) is 0 Å². The number of methoxy groups -OCH3 is 1. The van der Waals surface area contributed by atoms with Crippen molar-refractivity contribution in [2.45, 2.75) is 13.2 Å². The highest BCUT2D eigenvalue weighted by Gasteiger charge is 2.12. The highest BCUT2D eigenvalue weighted by Crippen LogP contribution is 2.20. The summed E-state index contributed by atoms with van der Waals surface area (Å²) in [6, 6.07) is 18.2. The lowest BCUT2D eigenvalue weighted by Gasteiger charge is -2.12. The number of para-hydroxylation sites is 1. The second-order valence-electron chi connectivity index (χ2n) is 5.80.